The maximum absolute atomic E-state index is 6.06. The van der Waals surface area contributed by atoms with Crippen molar-refractivity contribution in [1.82, 2.24) is 4.98 Å². The molecule has 3 N–H and O–H groups in total. The Hall–Kier alpha value is -1.28. The van der Waals surface area contributed by atoms with E-state index in [-0.39, 0.29) is 0 Å². The van der Waals surface area contributed by atoms with E-state index >= 15 is 0 Å². The number of fused-ring (bicyclic) bond motifs is 3. The Kier molecular flexibility index (Phi) is 2.25. The average Bonchev–Trinajstić information content (AvgIpc) is 2.66. The van der Waals surface area contributed by atoms with E-state index in [0.29, 0.717) is 6.04 Å². The second-order valence-corrected chi connectivity index (χ2v) is 4.82. The molecule has 0 aliphatic heterocycles. The summed E-state index contributed by atoms with van der Waals surface area (Å²) in [6.45, 7) is 2.20. The molecule has 2 aromatic rings. The predicted molar refractivity (Wildman–Crippen MR) is 67.7 cm³/mol. The molecule has 3 rings (SSSR count). The Balaban J connectivity index is 2.20. The molecular formula is C14H18N2. The van der Waals surface area contributed by atoms with Crippen molar-refractivity contribution in [3.8, 4) is 0 Å². The second-order valence-electron chi connectivity index (χ2n) is 4.82. The predicted octanol–water partition coefficient (Wildman–Crippen LogP) is 2.55. The smallest absolute Gasteiger partial charge is 0.0459 e. The molecule has 0 saturated heterocycles. The highest BCUT2D eigenvalue weighted by Crippen LogP contribution is 2.29. The van der Waals surface area contributed by atoms with Crippen molar-refractivity contribution in [3.05, 3.63) is 35.0 Å². The zero-order chi connectivity index (χ0) is 11.1. The van der Waals surface area contributed by atoms with Crippen LogP contribution in [0.25, 0.3) is 10.9 Å². The normalized spacial score (nSPS) is 20.0. The van der Waals surface area contributed by atoms with Gasteiger partial charge in [0.1, 0.15) is 0 Å². The third-order valence-corrected chi connectivity index (χ3v) is 3.70. The quantitative estimate of drug-likeness (QED) is 0.752. The minimum Gasteiger partial charge on any atom is -0.358 e. The molecule has 0 spiro atoms. The number of aryl methyl sites for hydroxylation is 2. The zero-order valence-corrected chi connectivity index (χ0v) is 9.72. The molecule has 1 heterocycles. The fourth-order valence-electron chi connectivity index (χ4n) is 2.71. The van der Waals surface area contributed by atoms with Crippen LogP contribution in [0.3, 0.4) is 0 Å². The summed E-state index contributed by atoms with van der Waals surface area (Å²) in [5.74, 6) is 0. The van der Waals surface area contributed by atoms with Crippen LogP contribution in [0.2, 0.25) is 0 Å². The minimum atomic E-state index is 0.344. The summed E-state index contributed by atoms with van der Waals surface area (Å²) in [7, 11) is 0. The van der Waals surface area contributed by atoms with Crippen molar-refractivity contribution in [3.63, 3.8) is 0 Å². The number of nitrogens with one attached hydrogen (secondary N) is 1. The van der Waals surface area contributed by atoms with Gasteiger partial charge in [-0.15, -0.1) is 0 Å². The highest BCUT2D eigenvalue weighted by atomic mass is 14.7. The summed E-state index contributed by atoms with van der Waals surface area (Å²) in [6, 6.07) is 7.09. The number of hydrogen-bond donors (Lipinski definition) is 2. The van der Waals surface area contributed by atoms with Gasteiger partial charge in [-0.05, 0) is 48.9 Å². The van der Waals surface area contributed by atoms with E-state index in [1.807, 2.05) is 0 Å². The maximum atomic E-state index is 6.06. The van der Waals surface area contributed by atoms with Crippen LogP contribution < -0.4 is 5.73 Å². The van der Waals surface area contributed by atoms with Gasteiger partial charge in [-0.25, -0.2) is 0 Å². The Morgan fingerprint density at radius 1 is 1.44 bits per heavy atom. The van der Waals surface area contributed by atoms with Gasteiger partial charge in [-0.2, -0.15) is 0 Å². The molecule has 0 bridgehead atoms. The molecule has 0 radical (unpaired) electrons. The number of benzene rings is 1. The van der Waals surface area contributed by atoms with Crippen LogP contribution in [0.15, 0.2) is 18.2 Å². The Bertz CT molecular complexity index is 525. The van der Waals surface area contributed by atoms with Gasteiger partial charge in [-0.3, -0.25) is 0 Å². The van der Waals surface area contributed by atoms with Crippen LogP contribution in [0.1, 0.15) is 30.2 Å². The van der Waals surface area contributed by atoms with Gasteiger partial charge >= 0.3 is 0 Å². The molecule has 0 saturated carbocycles. The van der Waals surface area contributed by atoms with Gasteiger partial charge in [0.25, 0.3) is 0 Å². The Morgan fingerprint density at radius 2 is 2.31 bits per heavy atom. The van der Waals surface area contributed by atoms with Gasteiger partial charge in [0.05, 0.1) is 0 Å². The summed E-state index contributed by atoms with van der Waals surface area (Å²) >= 11 is 0. The highest BCUT2D eigenvalue weighted by Gasteiger charge is 2.19. The summed E-state index contributed by atoms with van der Waals surface area (Å²) in [4.78, 5) is 3.53. The molecule has 2 nitrogen and oxygen atoms in total. The van der Waals surface area contributed by atoms with Crippen molar-refractivity contribution in [1.29, 1.82) is 0 Å². The molecule has 0 amide bonds. The largest absolute Gasteiger partial charge is 0.358 e. The molecule has 1 aliphatic rings. The van der Waals surface area contributed by atoms with Gasteiger partial charge in [0.2, 0.25) is 0 Å². The van der Waals surface area contributed by atoms with Crippen LogP contribution in [-0.2, 0) is 19.3 Å². The lowest BCUT2D eigenvalue weighted by Gasteiger charge is -2.18. The first kappa shape index (κ1) is 9.91. The van der Waals surface area contributed by atoms with Crippen molar-refractivity contribution in [2.45, 2.75) is 38.6 Å². The molecule has 2 heteroatoms. The molecular weight excluding hydrogens is 196 g/mol. The SMILES string of the molecule is CCc1ccc2[nH]c3c(c2c1)CC(N)CC3. The minimum absolute atomic E-state index is 0.344. The number of nitrogens with two attached hydrogens (primary N) is 1. The first-order chi connectivity index (χ1) is 7.78. The average molecular weight is 214 g/mol. The molecule has 1 unspecified atom stereocenters. The number of H-pyrrole nitrogens is 1. The van der Waals surface area contributed by atoms with E-state index in [1.54, 1.807) is 0 Å². The van der Waals surface area contributed by atoms with Crippen LogP contribution >= 0.6 is 0 Å². The van der Waals surface area contributed by atoms with Crippen molar-refractivity contribution < 1.29 is 0 Å². The van der Waals surface area contributed by atoms with Crippen molar-refractivity contribution in [2.24, 2.45) is 5.73 Å². The standard InChI is InChI=1S/C14H18N2/c1-2-9-3-5-13-11(7-9)12-8-10(15)4-6-14(12)16-13/h3,5,7,10,16H,2,4,6,8,15H2,1H3. The van der Waals surface area contributed by atoms with Gasteiger partial charge in [0, 0.05) is 22.6 Å². The lowest BCUT2D eigenvalue weighted by Crippen LogP contribution is -2.27. The number of aromatic nitrogens is 1. The van der Waals surface area contributed by atoms with E-state index in [0.717, 1.165) is 25.7 Å². The summed E-state index contributed by atoms with van der Waals surface area (Å²) in [5, 5.41) is 1.39. The van der Waals surface area contributed by atoms with Crippen molar-refractivity contribution in [2.75, 3.05) is 0 Å². The number of hydrogen-bond acceptors (Lipinski definition) is 1. The molecule has 1 aromatic heterocycles. The van der Waals surface area contributed by atoms with Crippen molar-refractivity contribution >= 4 is 10.9 Å². The summed E-state index contributed by atoms with van der Waals surface area (Å²) < 4.78 is 0. The van der Waals surface area contributed by atoms with Crippen LogP contribution in [-0.4, -0.2) is 11.0 Å². The third kappa shape index (κ3) is 1.45. The highest BCUT2D eigenvalue weighted by molar-refractivity contribution is 5.85. The van der Waals surface area contributed by atoms with E-state index in [1.165, 1.54) is 27.7 Å². The van der Waals surface area contributed by atoms with E-state index < -0.39 is 0 Å². The number of rotatable bonds is 1. The molecule has 1 aromatic carbocycles. The molecule has 1 aliphatic carbocycles. The van der Waals surface area contributed by atoms with Crippen LogP contribution in [0, 0.1) is 0 Å². The topological polar surface area (TPSA) is 41.8 Å². The molecule has 16 heavy (non-hydrogen) atoms. The van der Waals surface area contributed by atoms with E-state index in [4.69, 9.17) is 5.73 Å². The summed E-state index contributed by atoms with van der Waals surface area (Å²) in [5.41, 5.74) is 11.6. The van der Waals surface area contributed by atoms with Gasteiger partial charge < -0.3 is 10.7 Å². The third-order valence-electron chi connectivity index (χ3n) is 3.70. The first-order valence-corrected chi connectivity index (χ1v) is 6.16. The van der Waals surface area contributed by atoms with Crippen LogP contribution in [0.4, 0.5) is 0 Å². The lowest BCUT2D eigenvalue weighted by atomic mass is 9.91. The monoisotopic (exact) mass is 214 g/mol. The van der Waals surface area contributed by atoms with E-state index in [2.05, 4.69) is 30.1 Å². The Labute approximate surface area is 95.8 Å². The van der Waals surface area contributed by atoms with Gasteiger partial charge in [0.15, 0.2) is 0 Å². The van der Waals surface area contributed by atoms with Gasteiger partial charge in [-0.1, -0.05) is 13.0 Å². The lowest BCUT2D eigenvalue weighted by molar-refractivity contribution is 0.574. The fraction of sp³-hybridized carbons (Fsp3) is 0.429. The number of aromatic amines is 1. The molecule has 84 valence electrons. The second kappa shape index (κ2) is 3.63. The fourth-order valence-corrected chi connectivity index (χ4v) is 2.71. The summed E-state index contributed by atoms with van der Waals surface area (Å²) in [6.07, 6.45) is 4.34. The van der Waals surface area contributed by atoms with Crippen LogP contribution in [0.5, 0.6) is 0 Å². The first-order valence-electron chi connectivity index (χ1n) is 6.16. The molecule has 0 fully saturated rings. The molecule has 1 atom stereocenters. The Morgan fingerprint density at radius 3 is 3.12 bits per heavy atom. The maximum Gasteiger partial charge on any atom is 0.0459 e. The zero-order valence-electron chi connectivity index (χ0n) is 9.72. The van der Waals surface area contributed by atoms with E-state index in [9.17, 15) is 0 Å².